The fraction of sp³-hybridized carbons (Fsp3) is 0.133. The molecule has 128 valence electrons. The minimum atomic E-state index is -0.488. The van der Waals surface area contributed by atoms with Gasteiger partial charge in [-0.05, 0) is 18.2 Å². The highest BCUT2D eigenvalue weighted by Crippen LogP contribution is 2.34. The maximum atomic E-state index is 11.0. The van der Waals surface area contributed by atoms with Gasteiger partial charge in [0, 0.05) is 12.1 Å². The monoisotopic (exact) mass is 360 g/mol. The molecule has 1 saturated heterocycles. The average molecular weight is 360 g/mol. The predicted octanol–water partition coefficient (Wildman–Crippen LogP) is 2.42. The van der Waals surface area contributed by atoms with Crippen molar-refractivity contribution in [2.75, 3.05) is 12.9 Å². The van der Waals surface area contributed by atoms with Gasteiger partial charge in [0.25, 0.3) is 5.69 Å². The number of non-ortho nitro benzene ring substituents is 1. The van der Waals surface area contributed by atoms with Crippen LogP contribution in [0.5, 0.6) is 5.75 Å². The summed E-state index contributed by atoms with van der Waals surface area (Å²) in [6, 6.07) is 7.55. The Bertz CT molecular complexity index is 890. The van der Waals surface area contributed by atoms with Crippen LogP contribution in [0.2, 0.25) is 0 Å². The first-order valence-corrected chi connectivity index (χ1v) is 8.01. The summed E-state index contributed by atoms with van der Waals surface area (Å²) in [6.07, 6.45) is 1.38. The Labute approximate surface area is 145 Å². The number of nitrogens with one attached hydrogen (secondary N) is 1. The molecule has 2 aromatic rings. The molecule has 0 atom stereocenters. The van der Waals surface area contributed by atoms with Crippen LogP contribution in [-0.2, 0) is 4.79 Å². The first-order chi connectivity index (χ1) is 12.1. The number of rotatable bonds is 5. The maximum absolute atomic E-state index is 11.0. The molecule has 1 aliphatic heterocycles. The fourth-order valence-corrected chi connectivity index (χ4v) is 2.72. The minimum Gasteiger partial charge on any atom is -0.496 e. The topological polar surface area (TPSA) is 119 Å². The van der Waals surface area contributed by atoms with E-state index in [2.05, 4.69) is 15.5 Å². The molecule has 1 aliphatic rings. The van der Waals surface area contributed by atoms with Crippen molar-refractivity contribution in [3.8, 4) is 17.1 Å². The van der Waals surface area contributed by atoms with Crippen LogP contribution >= 0.6 is 11.8 Å². The molecule has 0 saturated carbocycles. The van der Waals surface area contributed by atoms with E-state index in [4.69, 9.17) is 9.15 Å². The van der Waals surface area contributed by atoms with Crippen LogP contribution in [0.4, 0.5) is 5.69 Å². The lowest BCUT2D eigenvalue weighted by Gasteiger charge is -2.05. The van der Waals surface area contributed by atoms with E-state index in [9.17, 15) is 14.9 Å². The molecule has 0 radical (unpaired) electrons. The van der Waals surface area contributed by atoms with Gasteiger partial charge in [0.1, 0.15) is 17.3 Å². The number of amides is 1. The second-order valence-electron chi connectivity index (χ2n) is 4.83. The predicted molar refractivity (Wildman–Crippen MR) is 93.0 cm³/mol. The van der Waals surface area contributed by atoms with Gasteiger partial charge in [-0.1, -0.05) is 11.8 Å². The normalized spacial score (nSPS) is 15.7. The highest BCUT2D eigenvalue weighted by Gasteiger charge is 2.17. The third-order valence-electron chi connectivity index (χ3n) is 3.21. The summed E-state index contributed by atoms with van der Waals surface area (Å²) in [5.41, 5.74) is 0.393. The molecule has 1 amide bonds. The molecule has 9 nitrogen and oxygen atoms in total. The van der Waals surface area contributed by atoms with Crippen molar-refractivity contribution in [2.24, 2.45) is 10.2 Å². The molecule has 25 heavy (non-hydrogen) atoms. The van der Waals surface area contributed by atoms with E-state index in [1.165, 1.54) is 43.3 Å². The SMILES string of the molecule is COc1ccc([N+](=O)[O-])cc1-c1ccc(C=N/N=C2/NC(=O)CS2)o1. The lowest BCUT2D eigenvalue weighted by Crippen LogP contribution is -2.19. The van der Waals surface area contributed by atoms with E-state index in [-0.39, 0.29) is 11.6 Å². The number of thioether (sulfide) groups is 1. The third kappa shape index (κ3) is 3.86. The average Bonchev–Trinajstić information content (AvgIpc) is 3.23. The molecule has 0 aliphatic carbocycles. The van der Waals surface area contributed by atoms with Crippen LogP contribution in [0.15, 0.2) is 45.0 Å². The Morgan fingerprint density at radius 1 is 1.40 bits per heavy atom. The largest absolute Gasteiger partial charge is 0.496 e. The fourth-order valence-electron chi connectivity index (χ4n) is 2.09. The van der Waals surface area contributed by atoms with Crippen molar-refractivity contribution in [1.82, 2.24) is 5.32 Å². The number of carbonyl (C=O) groups is 1. The van der Waals surface area contributed by atoms with E-state index in [0.717, 1.165) is 0 Å². The van der Waals surface area contributed by atoms with Crippen molar-refractivity contribution in [3.63, 3.8) is 0 Å². The zero-order chi connectivity index (χ0) is 17.8. The van der Waals surface area contributed by atoms with Crippen LogP contribution < -0.4 is 10.1 Å². The van der Waals surface area contributed by atoms with Gasteiger partial charge in [0.2, 0.25) is 5.91 Å². The van der Waals surface area contributed by atoms with Crippen LogP contribution in [0, 0.1) is 10.1 Å². The molecule has 2 heterocycles. The van der Waals surface area contributed by atoms with E-state index in [1.807, 2.05) is 0 Å². The molecular formula is C15H12N4O5S. The van der Waals surface area contributed by atoms with Crippen molar-refractivity contribution >= 4 is 34.7 Å². The van der Waals surface area contributed by atoms with Gasteiger partial charge < -0.3 is 14.5 Å². The van der Waals surface area contributed by atoms with E-state index >= 15 is 0 Å². The van der Waals surface area contributed by atoms with Crippen molar-refractivity contribution in [1.29, 1.82) is 0 Å². The van der Waals surface area contributed by atoms with Gasteiger partial charge in [-0.3, -0.25) is 14.9 Å². The van der Waals surface area contributed by atoms with Gasteiger partial charge >= 0.3 is 0 Å². The van der Waals surface area contributed by atoms with Gasteiger partial charge in [-0.2, -0.15) is 5.10 Å². The number of hydrogen-bond donors (Lipinski definition) is 1. The number of hydrogen-bond acceptors (Lipinski definition) is 8. The number of nitro benzene ring substituents is 1. The van der Waals surface area contributed by atoms with Crippen molar-refractivity contribution in [3.05, 3.63) is 46.2 Å². The Morgan fingerprint density at radius 3 is 2.92 bits per heavy atom. The van der Waals surface area contributed by atoms with Gasteiger partial charge in [-0.15, -0.1) is 5.10 Å². The van der Waals surface area contributed by atoms with Crippen LogP contribution in [0.1, 0.15) is 5.76 Å². The number of methoxy groups -OCH3 is 1. The molecule has 3 rings (SSSR count). The molecule has 0 bridgehead atoms. The molecule has 1 N–H and O–H groups in total. The summed E-state index contributed by atoms with van der Waals surface area (Å²) >= 11 is 1.26. The van der Waals surface area contributed by atoms with E-state index in [0.29, 0.717) is 33.8 Å². The lowest BCUT2D eigenvalue weighted by molar-refractivity contribution is -0.384. The summed E-state index contributed by atoms with van der Waals surface area (Å²) in [6.45, 7) is 0. The molecular weight excluding hydrogens is 348 g/mol. The number of furan rings is 1. The summed E-state index contributed by atoms with van der Waals surface area (Å²) in [7, 11) is 1.47. The Morgan fingerprint density at radius 2 is 2.24 bits per heavy atom. The molecule has 0 spiro atoms. The Kier molecular flexibility index (Phi) is 4.80. The van der Waals surface area contributed by atoms with E-state index in [1.54, 1.807) is 12.1 Å². The number of nitro groups is 1. The lowest BCUT2D eigenvalue weighted by atomic mass is 10.1. The van der Waals surface area contributed by atoms with Crippen molar-refractivity contribution in [2.45, 2.75) is 0 Å². The second kappa shape index (κ2) is 7.18. The zero-order valence-electron chi connectivity index (χ0n) is 13.0. The minimum absolute atomic E-state index is 0.0668. The highest BCUT2D eigenvalue weighted by molar-refractivity contribution is 8.15. The molecule has 1 aromatic heterocycles. The van der Waals surface area contributed by atoms with Crippen LogP contribution in [0.25, 0.3) is 11.3 Å². The maximum Gasteiger partial charge on any atom is 0.270 e. The number of amidine groups is 1. The number of benzene rings is 1. The summed E-state index contributed by atoms with van der Waals surface area (Å²) in [5, 5.41) is 21.6. The van der Waals surface area contributed by atoms with Crippen molar-refractivity contribution < 1.29 is 18.9 Å². The molecule has 10 heteroatoms. The first kappa shape index (κ1) is 16.7. The van der Waals surface area contributed by atoms with Gasteiger partial charge in [0.05, 0.1) is 29.6 Å². The highest BCUT2D eigenvalue weighted by atomic mass is 32.2. The van der Waals surface area contributed by atoms with Crippen LogP contribution in [0.3, 0.4) is 0 Å². The molecule has 1 fully saturated rings. The number of carbonyl (C=O) groups excluding carboxylic acids is 1. The Hall–Kier alpha value is -3.14. The summed E-state index contributed by atoms with van der Waals surface area (Å²) < 4.78 is 10.8. The van der Waals surface area contributed by atoms with Gasteiger partial charge in [0.15, 0.2) is 5.17 Å². The standard InChI is InChI=1S/C15H12N4O5S/c1-23-12-4-2-9(19(21)22)6-11(12)13-5-3-10(24-13)7-16-18-15-17-14(20)8-25-15/h2-7H,8H2,1H3,(H,17,18,20). The van der Waals surface area contributed by atoms with E-state index < -0.39 is 4.92 Å². The number of nitrogens with zero attached hydrogens (tertiary/aromatic N) is 3. The first-order valence-electron chi connectivity index (χ1n) is 7.03. The Balaban J connectivity index is 1.82. The number of ether oxygens (including phenoxy) is 1. The quantitative estimate of drug-likeness (QED) is 0.497. The van der Waals surface area contributed by atoms with Crippen LogP contribution in [-0.4, -0.2) is 35.1 Å². The smallest absolute Gasteiger partial charge is 0.270 e. The molecule has 1 aromatic carbocycles. The summed E-state index contributed by atoms with van der Waals surface area (Å²) in [4.78, 5) is 21.5. The van der Waals surface area contributed by atoms with Gasteiger partial charge in [-0.25, -0.2) is 0 Å². The third-order valence-corrected chi connectivity index (χ3v) is 4.07. The molecule has 0 unspecified atom stereocenters. The second-order valence-corrected chi connectivity index (χ2v) is 5.79. The summed E-state index contributed by atoms with van der Waals surface area (Å²) in [5.74, 6) is 1.47. The zero-order valence-corrected chi connectivity index (χ0v) is 13.8.